The Kier molecular flexibility index (Phi) is 3.24. The maximum Gasteiger partial charge on any atom is 0.270 e. The predicted molar refractivity (Wildman–Crippen MR) is 75.6 cm³/mol. The van der Waals surface area contributed by atoms with Crippen molar-refractivity contribution in [2.75, 3.05) is 19.6 Å². The van der Waals surface area contributed by atoms with Gasteiger partial charge in [-0.15, -0.1) is 0 Å². The van der Waals surface area contributed by atoms with Crippen molar-refractivity contribution in [2.24, 2.45) is 12.5 Å². The standard InChI is InChI=1S/C14H18ClN3O2/c1-17-8-10(15)6-11(17)13(20)18-4-2-14(3-5-18)7-12(19)16-9-14/h6,8H,2-5,7,9H2,1H3,(H,16,19). The van der Waals surface area contributed by atoms with Crippen molar-refractivity contribution in [1.82, 2.24) is 14.8 Å². The highest BCUT2D eigenvalue weighted by Gasteiger charge is 2.41. The molecule has 2 aliphatic rings. The third-order valence-corrected chi connectivity index (χ3v) is 4.70. The first-order chi connectivity index (χ1) is 9.49. The van der Waals surface area contributed by atoms with E-state index in [0.717, 1.165) is 19.4 Å². The summed E-state index contributed by atoms with van der Waals surface area (Å²) in [5.74, 6) is 0.158. The summed E-state index contributed by atoms with van der Waals surface area (Å²) < 4.78 is 1.76. The van der Waals surface area contributed by atoms with Gasteiger partial charge in [0.2, 0.25) is 5.91 Å². The lowest BCUT2D eigenvalue weighted by Gasteiger charge is -2.38. The van der Waals surface area contributed by atoms with Crippen molar-refractivity contribution in [3.8, 4) is 0 Å². The Labute approximate surface area is 122 Å². The van der Waals surface area contributed by atoms with Crippen LogP contribution in [0, 0.1) is 5.41 Å². The molecule has 3 rings (SSSR count). The van der Waals surface area contributed by atoms with Gasteiger partial charge in [-0.2, -0.15) is 0 Å². The van der Waals surface area contributed by atoms with E-state index in [1.165, 1.54) is 0 Å². The number of aromatic nitrogens is 1. The number of hydrogen-bond donors (Lipinski definition) is 1. The minimum Gasteiger partial charge on any atom is -0.356 e. The first kappa shape index (κ1) is 13.5. The Morgan fingerprint density at radius 2 is 2.10 bits per heavy atom. The zero-order valence-electron chi connectivity index (χ0n) is 11.5. The summed E-state index contributed by atoms with van der Waals surface area (Å²) in [4.78, 5) is 25.7. The minimum atomic E-state index is 0.0199. The molecule has 5 nitrogen and oxygen atoms in total. The molecule has 0 saturated carbocycles. The smallest absolute Gasteiger partial charge is 0.270 e. The zero-order chi connectivity index (χ0) is 14.3. The summed E-state index contributed by atoms with van der Waals surface area (Å²) in [6.45, 7) is 2.16. The highest BCUT2D eigenvalue weighted by molar-refractivity contribution is 6.31. The minimum absolute atomic E-state index is 0.0199. The van der Waals surface area contributed by atoms with Crippen LogP contribution in [0.15, 0.2) is 12.3 Å². The average Bonchev–Trinajstić information content (AvgIpc) is 2.93. The molecular formula is C14H18ClN3O2. The Hall–Kier alpha value is -1.49. The topological polar surface area (TPSA) is 54.3 Å². The van der Waals surface area contributed by atoms with Gasteiger partial charge in [0.15, 0.2) is 0 Å². The number of rotatable bonds is 1. The molecular weight excluding hydrogens is 278 g/mol. The maximum absolute atomic E-state index is 12.5. The van der Waals surface area contributed by atoms with Crippen LogP contribution in [-0.4, -0.2) is 40.9 Å². The summed E-state index contributed by atoms with van der Waals surface area (Å²) in [5.41, 5.74) is 0.686. The van der Waals surface area contributed by atoms with E-state index in [4.69, 9.17) is 11.6 Å². The first-order valence-corrected chi connectivity index (χ1v) is 7.25. The van der Waals surface area contributed by atoms with Crippen LogP contribution in [0.2, 0.25) is 5.02 Å². The molecule has 0 atom stereocenters. The van der Waals surface area contributed by atoms with Crippen LogP contribution in [0.3, 0.4) is 0 Å². The lowest BCUT2D eigenvalue weighted by atomic mass is 9.77. The third kappa shape index (κ3) is 2.30. The van der Waals surface area contributed by atoms with E-state index in [9.17, 15) is 9.59 Å². The summed E-state index contributed by atoms with van der Waals surface area (Å²) >= 11 is 5.93. The zero-order valence-corrected chi connectivity index (χ0v) is 12.2. The van der Waals surface area contributed by atoms with E-state index >= 15 is 0 Å². The van der Waals surface area contributed by atoms with Crippen molar-refractivity contribution >= 4 is 23.4 Å². The van der Waals surface area contributed by atoms with Crippen molar-refractivity contribution < 1.29 is 9.59 Å². The molecule has 0 radical (unpaired) electrons. The number of aryl methyl sites for hydroxylation is 1. The van der Waals surface area contributed by atoms with Crippen LogP contribution in [0.25, 0.3) is 0 Å². The number of hydrogen-bond acceptors (Lipinski definition) is 2. The van der Waals surface area contributed by atoms with E-state index in [2.05, 4.69) is 5.32 Å². The van der Waals surface area contributed by atoms with Gasteiger partial charge in [-0.1, -0.05) is 11.6 Å². The van der Waals surface area contributed by atoms with Crippen LogP contribution in [0.4, 0.5) is 0 Å². The van der Waals surface area contributed by atoms with E-state index in [1.807, 2.05) is 11.9 Å². The van der Waals surface area contributed by atoms with E-state index < -0.39 is 0 Å². The maximum atomic E-state index is 12.5. The van der Waals surface area contributed by atoms with Gasteiger partial charge in [0.1, 0.15) is 5.69 Å². The highest BCUT2D eigenvalue weighted by atomic mass is 35.5. The molecule has 2 amide bonds. The second kappa shape index (κ2) is 4.81. The second-order valence-corrected chi connectivity index (χ2v) is 6.34. The van der Waals surface area contributed by atoms with Gasteiger partial charge in [0.05, 0.1) is 5.02 Å². The van der Waals surface area contributed by atoms with E-state index in [0.29, 0.717) is 30.2 Å². The Balaban J connectivity index is 1.68. The molecule has 2 saturated heterocycles. The number of amides is 2. The molecule has 1 aromatic heterocycles. The predicted octanol–water partition coefficient (Wildman–Crippen LogP) is 1.42. The normalized spacial score (nSPS) is 21.3. The quantitative estimate of drug-likeness (QED) is 0.852. The van der Waals surface area contributed by atoms with E-state index in [1.54, 1.807) is 16.8 Å². The van der Waals surface area contributed by atoms with Crippen molar-refractivity contribution in [3.63, 3.8) is 0 Å². The molecule has 0 bridgehead atoms. The van der Waals surface area contributed by atoms with Crippen LogP contribution < -0.4 is 5.32 Å². The van der Waals surface area contributed by atoms with Gasteiger partial charge in [-0.3, -0.25) is 9.59 Å². The second-order valence-electron chi connectivity index (χ2n) is 5.90. The monoisotopic (exact) mass is 295 g/mol. The number of likely N-dealkylation sites (tertiary alicyclic amines) is 1. The van der Waals surface area contributed by atoms with Crippen LogP contribution >= 0.6 is 11.6 Å². The lowest BCUT2D eigenvalue weighted by molar-refractivity contribution is -0.119. The number of halogens is 1. The van der Waals surface area contributed by atoms with Gasteiger partial charge in [-0.05, 0) is 24.3 Å². The summed E-state index contributed by atoms with van der Waals surface area (Å²) in [7, 11) is 1.82. The molecule has 0 aromatic carbocycles. The number of nitrogens with zero attached hydrogens (tertiary/aromatic N) is 2. The summed E-state index contributed by atoms with van der Waals surface area (Å²) in [6, 6.07) is 1.70. The van der Waals surface area contributed by atoms with Gasteiger partial charge in [0, 0.05) is 39.3 Å². The molecule has 1 N–H and O–H groups in total. The van der Waals surface area contributed by atoms with Crippen LogP contribution in [-0.2, 0) is 11.8 Å². The van der Waals surface area contributed by atoms with Crippen molar-refractivity contribution in [2.45, 2.75) is 19.3 Å². The van der Waals surface area contributed by atoms with Gasteiger partial charge >= 0.3 is 0 Å². The Morgan fingerprint density at radius 3 is 2.60 bits per heavy atom. The fourth-order valence-corrected chi connectivity index (χ4v) is 3.44. The fourth-order valence-electron chi connectivity index (χ4n) is 3.19. The van der Waals surface area contributed by atoms with E-state index in [-0.39, 0.29) is 17.2 Å². The number of carbonyl (C=O) groups excluding carboxylic acids is 2. The molecule has 0 unspecified atom stereocenters. The SMILES string of the molecule is Cn1cc(Cl)cc1C(=O)N1CCC2(CC1)CNC(=O)C2. The van der Waals surface area contributed by atoms with Crippen molar-refractivity contribution in [3.05, 3.63) is 23.0 Å². The molecule has 1 aromatic rings. The number of piperidine rings is 1. The number of carbonyl (C=O) groups is 2. The molecule has 2 aliphatic heterocycles. The third-order valence-electron chi connectivity index (χ3n) is 4.50. The lowest BCUT2D eigenvalue weighted by Crippen LogP contribution is -2.44. The molecule has 1 spiro atoms. The molecule has 0 aliphatic carbocycles. The molecule has 3 heterocycles. The Bertz CT molecular complexity index is 559. The van der Waals surface area contributed by atoms with Gasteiger partial charge in [-0.25, -0.2) is 0 Å². The van der Waals surface area contributed by atoms with Gasteiger partial charge in [0.25, 0.3) is 5.91 Å². The highest BCUT2D eigenvalue weighted by Crippen LogP contribution is 2.37. The first-order valence-electron chi connectivity index (χ1n) is 6.87. The van der Waals surface area contributed by atoms with Crippen LogP contribution in [0.1, 0.15) is 29.8 Å². The number of nitrogens with one attached hydrogen (secondary N) is 1. The molecule has 2 fully saturated rings. The largest absolute Gasteiger partial charge is 0.356 e. The van der Waals surface area contributed by atoms with Crippen molar-refractivity contribution in [1.29, 1.82) is 0 Å². The fraction of sp³-hybridized carbons (Fsp3) is 0.571. The molecule has 20 heavy (non-hydrogen) atoms. The Morgan fingerprint density at radius 1 is 1.40 bits per heavy atom. The molecule has 6 heteroatoms. The average molecular weight is 296 g/mol. The summed E-state index contributed by atoms with van der Waals surface area (Å²) in [5, 5.41) is 3.48. The molecule has 108 valence electrons. The van der Waals surface area contributed by atoms with Crippen LogP contribution in [0.5, 0.6) is 0 Å². The summed E-state index contributed by atoms with van der Waals surface area (Å²) in [6.07, 6.45) is 4.11. The van der Waals surface area contributed by atoms with Gasteiger partial charge < -0.3 is 14.8 Å².